The third-order valence-electron chi connectivity index (χ3n) is 3.39. The van der Waals surface area contributed by atoms with Crippen molar-refractivity contribution in [2.45, 2.75) is 32.6 Å². The summed E-state index contributed by atoms with van der Waals surface area (Å²) in [6.45, 7) is 2.18. The molecule has 0 bridgehead atoms. The predicted molar refractivity (Wildman–Crippen MR) is 89.3 cm³/mol. The van der Waals surface area contributed by atoms with Crippen LogP contribution < -0.4 is 10.6 Å². The molecule has 2 N–H and O–H groups in total. The van der Waals surface area contributed by atoms with Gasteiger partial charge in [-0.3, -0.25) is 9.59 Å². The Hall–Kier alpha value is -2.63. The van der Waals surface area contributed by atoms with E-state index in [-0.39, 0.29) is 11.8 Å². The highest BCUT2D eigenvalue weighted by atomic mass is 16.2. The zero-order valence-corrected chi connectivity index (χ0v) is 13.3. The summed E-state index contributed by atoms with van der Waals surface area (Å²) in [4.78, 5) is 26.7. The minimum absolute atomic E-state index is 0.00677. The van der Waals surface area contributed by atoms with Crippen molar-refractivity contribution in [2.75, 3.05) is 11.9 Å². The van der Waals surface area contributed by atoms with Crippen LogP contribution in [0.15, 0.2) is 43.0 Å². The maximum Gasteiger partial charge on any atom is 0.224 e. The molecule has 23 heavy (non-hydrogen) atoms. The van der Waals surface area contributed by atoms with E-state index < -0.39 is 0 Å². The lowest BCUT2D eigenvalue weighted by molar-refractivity contribution is -0.119. The molecule has 0 fully saturated rings. The van der Waals surface area contributed by atoms with Gasteiger partial charge in [0.15, 0.2) is 0 Å². The van der Waals surface area contributed by atoms with Gasteiger partial charge in [0, 0.05) is 43.7 Å². The van der Waals surface area contributed by atoms with Gasteiger partial charge in [0.25, 0.3) is 0 Å². The lowest BCUT2D eigenvalue weighted by atomic mass is 10.2. The number of carbonyl (C=O) groups excluding carboxylic acids is 2. The molecule has 6 heteroatoms. The van der Waals surface area contributed by atoms with E-state index in [4.69, 9.17) is 0 Å². The third kappa shape index (κ3) is 5.94. The summed E-state index contributed by atoms with van der Waals surface area (Å²) < 4.78 is 1.89. The number of imidazole rings is 1. The van der Waals surface area contributed by atoms with Crippen LogP contribution in [0.5, 0.6) is 0 Å². The summed E-state index contributed by atoms with van der Waals surface area (Å²) >= 11 is 0. The van der Waals surface area contributed by atoms with Crippen molar-refractivity contribution in [3.8, 4) is 5.69 Å². The van der Waals surface area contributed by atoms with Gasteiger partial charge < -0.3 is 15.2 Å². The highest BCUT2D eigenvalue weighted by Gasteiger charge is 2.04. The van der Waals surface area contributed by atoms with Crippen molar-refractivity contribution >= 4 is 17.5 Å². The van der Waals surface area contributed by atoms with E-state index in [9.17, 15) is 9.59 Å². The Kier molecular flexibility index (Phi) is 6.35. The van der Waals surface area contributed by atoms with Crippen molar-refractivity contribution in [2.24, 2.45) is 0 Å². The second-order valence-electron chi connectivity index (χ2n) is 5.36. The van der Waals surface area contributed by atoms with Crippen LogP contribution >= 0.6 is 0 Å². The number of nitrogens with zero attached hydrogens (tertiary/aromatic N) is 2. The predicted octanol–water partition coefficient (Wildman–Crippen LogP) is 2.51. The Morgan fingerprint density at radius 1 is 1.22 bits per heavy atom. The van der Waals surface area contributed by atoms with E-state index in [1.54, 1.807) is 12.5 Å². The van der Waals surface area contributed by atoms with Crippen molar-refractivity contribution < 1.29 is 9.59 Å². The van der Waals surface area contributed by atoms with Gasteiger partial charge in [-0.1, -0.05) is 12.5 Å². The summed E-state index contributed by atoms with van der Waals surface area (Å²) in [5, 5.41) is 5.66. The Labute approximate surface area is 135 Å². The molecule has 0 saturated carbocycles. The van der Waals surface area contributed by atoms with Gasteiger partial charge in [-0.2, -0.15) is 0 Å². The molecule has 0 spiro atoms. The minimum Gasteiger partial charge on any atom is -0.356 e. The van der Waals surface area contributed by atoms with Crippen LogP contribution in [0.2, 0.25) is 0 Å². The Morgan fingerprint density at radius 2 is 2.09 bits per heavy atom. The van der Waals surface area contributed by atoms with Crippen LogP contribution in [0.1, 0.15) is 32.6 Å². The van der Waals surface area contributed by atoms with E-state index in [1.807, 2.05) is 35.0 Å². The van der Waals surface area contributed by atoms with E-state index >= 15 is 0 Å². The number of carbonyl (C=O) groups is 2. The van der Waals surface area contributed by atoms with Crippen molar-refractivity contribution in [1.82, 2.24) is 14.9 Å². The number of rotatable bonds is 8. The quantitative estimate of drug-likeness (QED) is 0.735. The van der Waals surface area contributed by atoms with Crippen molar-refractivity contribution in [3.63, 3.8) is 0 Å². The molecule has 0 unspecified atom stereocenters. The first-order valence-electron chi connectivity index (χ1n) is 7.78. The maximum absolute atomic E-state index is 12.0. The fourth-order valence-electron chi connectivity index (χ4n) is 2.23. The highest BCUT2D eigenvalue weighted by molar-refractivity contribution is 5.90. The van der Waals surface area contributed by atoms with E-state index in [0.717, 1.165) is 30.6 Å². The molecular weight excluding hydrogens is 292 g/mol. The number of anilines is 1. The molecule has 1 heterocycles. The standard InChI is InChI=1S/C17H22N4O2/c1-14(22)19-9-4-2-3-8-17(23)20-15-6-5-7-16(12-15)21-11-10-18-13-21/h5-7,10-13H,2-4,8-9H2,1H3,(H,19,22)(H,20,23). The van der Waals surface area contributed by atoms with Crippen LogP contribution in [0.3, 0.4) is 0 Å². The SMILES string of the molecule is CC(=O)NCCCCCC(=O)Nc1cccc(-n2ccnc2)c1. The highest BCUT2D eigenvalue weighted by Crippen LogP contribution is 2.15. The van der Waals surface area contributed by atoms with Crippen LogP contribution in [-0.2, 0) is 9.59 Å². The Balaban J connectivity index is 1.73. The number of aromatic nitrogens is 2. The summed E-state index contributed by atoms with van der Waals surface area (Å²) in [5.41, 5.74) is 1.73. The first-order chi connectivity index (χ1) is 11.1. The topological polar surface area (TPSA) is 76.0 Å². The van der Waals surface area contributed by atoms with Crippen LogP contribution in [0, 0.1) is 0 Å². The zero-order valence-electron chi connectivity index (χ0n) is 13.3. The minimum atomic E-state index is -0.0134. The van der Waals surface area contributed by atoms with Crippen LogP contribution in [-0.4, -0.2) is 27.9 Å². The maximum atomic E-state index is 12.0. The molecule has 2 aromatic rings. The molecule has 0 aliphatic rings. The van der Waals surface area contributed by atoms with E-state index in [1.165, 1.54) is 6.92 Å². The number of benzene rings is 1. The van der Waals surface area contributed by atoms with Gasteiger partial charge in [0.1, 0.15) is 0 Å². The smallest absolute Gasteiger partial charge is 0.224 e. The first-order valence-corrected chi connectivity index (χ1v) is 7.78. The number of amides is 2. The van der Waals surface area contributed by atoms with Crippen LogP contribution in [0.25, 0.3) is 5.69 Å². The van der Waals surface area contributed by atoms with Gasteiger partial charge in [-0.25, -0.2) is 4.98 Å². The monoisotopic (exact) mass is 314 g/mol. The van der Waals surface area contributed by atoms with Gasteiger partial charge in [0.05, 0.1) is 6.33 Å². The van der Waals surface area contributed by atoms with Gasteiger partial charge in [-0.15, -0.1) is 0 Å². The largest absolute Gasteiger partial charge is 0.356 e. The number of hydrogen-bond donors (Lipinski definition) is 2. The third-order valence-corrected chi connectivity index (χ3v) is 3.39. The molecule has 1 aromatic heterocycles. The van der Waals surface area contributed by atoms with Gasteiger partial charge in [0.2, 0.25) is 11.8 Å². The molecule has 122 valence electrons. The molecule has 2 rings (SSSR count). The normalized spacial score (nSPS) is 10.3. The fourth-order valence-corrected chi connectivity index (χ4v) is 2.23. The second-order valence-corrected chi connectivity index (χ2v) is 5.36. The summed E-state index contributed by atoms with van der Waals surface area (Å²) in [7, 11) is 0. The lowest BCUT2D eigenvalue weighted by Crippen LogP contribution is -2.20. The summed E-state index contributed by atoms with van der Waals surface area (Å²) in [5.74, 6) is -0.00664. The van der Waals surface area contributed by atoms with Crippen molar-refractivity contribution in [3.05, 3.63) is 43.0 Å². The van der Waals surface area contributed by atoms with Crippen molar-refractivity contribution in [1.29, 1.82) is 0 Å². The molecular formula is C17H22N4O2. The second kappa shape index (κ2) is 8.73. The summed E-state index contributed by atoms with van der Waals surface area (Å²) in [6, 6.07) is 7.64. The average Bonchev–Trinajstić information content (AvgIpc) is 3.05. The molecule has 0 atom stereocenters. The van der Waals surface area contributed by atoms with E-state index in [0.29, 0.717) is 13.0 Å². The average molecular weight is 314 g/mol. The molecule has 0 saturated heterocycles. The molecule has 0 aliphatic heterocycles. The van der Waals surface area contributed by atoms with Gasteiger partial charge >= 0.3 is 0 Å². The Bertz CT molecular complexity index is 638. The number of hydrogen-bond acceptors (Lipinski definition) is 3. The number of unbranched alkanes of at least 4 members (excludes halogenated alkanes) is 2. The fraction of sp³-hybridized carbons (Fsp3) is 0.353. The molecule has 2 amide bonds. The first kappa shape index (κ1) is 16.7. The zero-order chi connectivity index (χ0) is 16.5. The van der Waals surface area contributed by atoms with Crippen LogP contribution in [0.4, 0.5) is 5.69 Å². The molecule has 0 radical (unpaired) electrons. The molecule has 0 aliphatic carbocycles. The Morgan fingerprint density at radius 3 is 2.83 bits per heavy atom. The molecule has 1 aromatic carbocycles. The molecule has 6 nitrogen and oxygen atoms in total. The van der Waals surface area contributed by atoms with Gasteiger partial charge in [-0.05, 0) is 31.0 Å². The summed E-state index contributed by atoms with van der Waals surface area (Å²) in [6.07, 6.45) is 8.39. The van der Waals surface area contributed by atoms with E-state index in [2.05, 4.69) is 15.6 Å². The number of nitrogens with one attached hydrogen (secondary N) is 2. The lowest BCUT2D eigenvalue weighted by Gasteiger charge is -2.08.